The average molecular weight is 187 g/mol. The Kier molecular flexibility index (Phi) is 360. The number of hydrogen-bond acceptors (Lipinski definition) is 0. The Morgan fingerprint density at radius 3 is 0.833 bits per heavy atom. The van der Waals surface area contributed by atoms with Crippen LogP contribution in [0.2, 0.25) is 0 Å². The van der Waals surface area contributed by atoms with E-state index in [1.54, 1.807) is 0 Å². The van der Waals surface area contributed by atoms with E-state index in [0.717, 1.165) is 0 Å². The second-order valence-electron chi connectivity index (χ2n) is 0. The molecular formula is BrClFKLi2. The molecule has 0 amide bonds. The maximum absolute atomic E-state index is 0. The van der Waals surface area contributed by atoms with E-state index in [4.69, 9.17) is 0 Å². The van der Waals surface area contributed by atoms with Crippen LogP contribution in [0.15, 0.2) is 0 Å². The zero-order valence-electron chi connectivity index (χ0n) is 4.13. The molecule has 0 bridgehead atoms. The molecule has 0 heterocycles. The van der Waals surface area contributed by atoms with Gasteiger partial charge in [0.2, 0.25) is 0 Å². The van der Waals surface area contributed by atoms with Crippen molar-refractivity contribution in [3.63, 3.8) is 0 Å². The molecule has 0 aliphatic heterocycles. The quantitative estimate of drug-likeness (QED) is 0.330. The monoisotopic (exact) mass is 186 g/mol. The van der Waals surface area contributed by atoms with Gasteiger partial charge in [0.25, 0.3) is 0 Å². The Morgan fingerprint density at radius 2 is 0.833 bits per heavy atom. The van der Waals surface area contributed by atoms with Crippen molar-refractivity contribution in [1.82, 2.24) is 0 Å². The zero-order valence-corrected chi connectivity index (χ0v) is 9.60. The van der Waals surface area contributed by atoms with Crippen LogP contribution in [0, 0.1) is 0 Å². The topological polar surface area (TPSA) is 0 Å². The molecule has 0 nitrogen and oxygen atoms in total. The van der Waals surface area contributed by atoms with E-state index >= 15 is 0 Å². The largest absolute Gasteiger partial charge is 1.00 e. The second-order valence-corrected chi connectivity index (χ2v) is 0. The minimum atomic E-state index is 0. The van der Waals surface area contributed by atoms with Gasteiger partial charge >= 0.3 is 89.1 Å². The molecule has 6 heavy (non-hydrogen) atoms. The summed E-state index contributed by atoms with van der Waals surface area (Å²) in [7, 11) is 0. The van der Waals surface area contributed by atoms with Crippen molar-refractivity contribution in [2.75, 3.05) is 0 Å². The van der Waals surface area contributed by atoms with Gasteiger partial charge in [0, 0.05) is 0 Å². The summed E-state index contributed by atoms with van der Waals surface area (Å²) in [5.74, 6) is 0. The molecule has 0 fully saturated rings. The van der Waals surface area contributed by atoms with Crippen molar-refractivity contribution in [2.24, 2.45) is 0 Å². The third-order valence-electron chi connectivity index (χ3n) is 0. The van der Waals surface area contributed by atoms with Gasteiger partial charge in [-0.2, -0.15) is 0 Å². The first-order chi connectivity index (χ1) is 0. The summed E-state index contributed by atoms with van der Waals surface area (Å²) in [4.78, 5) is 0. The summed E-state index contributed by atoms with van der Waals surface area (Å²) in [5, 5.41) is 0. The van der Waals surface area contributed by atoms with E-state index in [1.165, 1.54) is 0 Å². The van der Waals surface area contributed by atoms with Gasteiger partial charge in [-0.05, 0) is 0 Å². The predicted molar refractivity (Wildman–Crippen MR) is 0 cm³/mol. The molecule has 0 rings (SSSR count). The van der Waals surface area contributed by atoms with Gasteiger partial charge in [0.1, 0.15) is 0 Å². The van der Waals surface area contributed by atoms with Gasteiger partial charge in [-0.1, -0.05) is 0 Å². The molecule has 0 atom stereocenters. The van der Waals surface area contributed by atoms with Crippen LogP contribution in [0.3, 0.4) is 0 Å². The van der Waals surface area contributed by atoms with Gasteiger partial charge in [0.15, 0.2) is 0 Å². The summed E-state index contributed by atoms with van der Waals surface area (Å²) < 4.78 is 0. The first-order valence-corrected chi connectivity index (χ1v) is 0. The van der Waals surface area contributed by atoms with Gasteiger partial charge in [-0.25, -0.2) is 0 Å². The molecule has 0 saturated heterocycles. The second kappa shape index (κ2) is 38.8. The molecule has 0 radical (unpaired) electrons. The fraction of sp³-hybridized carbons (Fsp3) is 0. The molecule has 0 spiro atoms. The fourth-order valence-electron chi connectivity index (χ4n) is 0. The van der Waals surface area contributed by atoms with E-state index in [-0.39, 0.29) is 123 Å². The summed E-state index contributed by atoms with van der Waals surface area (Å²) in [6.07, 6.45) is 0. The smallest absolute Gasteiger partial charge is 1.00 e. The van der Waals surface area contributed by atoms with Gasteiger partial charge in [-0.3, -0.25) is 0 Å². The molecule has 0 N–H and O–H groups in total. The minimum absolute atomic E-state index is 0. The third kappa shape index (κ3) is 25.8. The van der Waals surface area contributed by atoms with E-state index in [2.05, 4.69) is 0 Å². The fourth-order valence-corrected chi connectivity index (χ4v) is 0. The SMILES string of the molecule is [Br-].[Cl-].[F-].[K+].[Li+].[Li+]. The summed E-state index contributed by atoms with van der Waals surface area (Å²) in [5.41, 5.74) is 0. The molecule has 0 aliphatic rings. The van der Waals surface area contributed by atoms with E-state index < -0.39 is 0 Å². The van der Waals surface area contributed by atoms with Crippen molar-refractivity contribution in [3.05, 3.63) is 0 Å². The molecule has 6 heteroatoms. The predicted octanol–water partition coefficient (Wildman–Crippen LogP) is -18.0. The van der Waals surface area contributed by atoms with Crippen molar-refractivity contribution >= 4 is 0 Å². The molecular weight excluding hydrogens is 187 g/mol. The Bertz CT molecular complexity index is 13.5. The van der Waals surface area contributed by atoms with Gasteiger partial charge in [0.05, 0.1) is 0 Å². The first-order valence-electron chi connectivity index (χ1n) is 0. The average Bonchev–Trinajstić information content (AvgIpc) is 0. The van der Waals surface area contributed by atoms with E-state index in [1.807, 2.05) is 0 Å². The van der Waals surface area contributed by atoms with Crippen molar-refractivity contribution < 1.29 is 123 Å². The van der Waals surface area contributed by atoms with Crippen LogP contribution < -0.4 is 123 Å². The first kappa shape index (κ1) is 55.6. The van der Waals surface area contributed by atoms with Crippen molar-refractivity contribution in [1.29, 1.82) is 0 Å². The van der Waals surface area contributed by atoms with Crippen LogP contribution in [0.25, 0.3) is 0 Å². The number of halogens is 3. The third-order valence-corrected chi connectivity index (χ3v) is 0. The summed E-state index contributed by atoms with van der Waals surface area (Å²) in [6, 6.07) is 0. The van der Waals surface area contributed by atoms with Gasteiger partial charge < -0.3 is 34.1 Å². The molecule has 0 saturated carbocycles. The molecule has 24 valence electrons. The molecule has 0 unspecified atom stereocenters. The zero-order chi connectivity index (χ0) is 0. The van der Waals surface area contributed by atoms with E-state index in [9.17, 15) is 0 Å². The van der Waals surface area contributed by atoms with Crippen LogP contribution >= 0.6 is 0 Å². The van der Waals surface area contributed by atoms with Crippen LogP contribution in [0.1, 0.15) is 0 Å². The molecule has 0 aliphatic carbocycles. The van der Waals surface area contributed by atoms with Gasteiger partial charge in [-0.15, -0.1) is 0 Å². The number of rotatable bonds is 0. The maximum Gasteiger partial charge on any atom is 1.00 e. The number of hydrogen-bond donors (Lipinski definition) is 0. The maximum atomic E-state index is 0. The Hall–Kier alpha value is 3.53. The standard InChI is InChI=1S/BrH.ClH.FH.K.2Li/h3*1H;;;/q;;;3*+1/p-3. The van der Waals surface area contributed by atoms with Crippen LogP contribution in [0.5, 0.6) is 0 Å². The molecule has 0 aromatic heterocycles. The Labute approximate surface area is 120 Å². The van der Waals surface area contributed by atoms with Crippen LogP contribution in [0.4, 0.5) is 0 Å². The van der Waals surface area contributed by atoms with Crippen molar-refractivity contribution in [3.8, 4) is 0 Å². The van der Waals surface area contributed by atoms with Crippen molar-refractivity contribution in [2.45, 2.75) is 0 Å². The van der Waals surface area contributed by atoms with Crippen LogP contribution in [-0.4, -0.2) is 0 Å². The normalized spacial score (nSPS) is 0. The Morgan fingerprint density at radius 1 is 0.833 bits per heavy atom. The molecule has 0 aromatic rings. The summed E-state index contributed by atoms with van der Waals surface area (Å²) >= 11 is 0. The minimum Gasteiger partial charge on any atom is -1.00 e. The molecule has 0 aromatic carbocycles. The van der Waals surface area contributed by atoms with Crippen LogP contribution in [-0.2, 0) is 0 Å². The summed E-state index contributed by atoms with van der Waals surface area (Å²) in [6.45, 7) is 0. The van der Waals surface area contributed by atoms with E-state index in [0.29, 0.717) is 0 Å². The Balaban J connectivity index is 0.